The quantitative estimate of drug-likeness (QED) is 0.180. The van der Waals surface area contributed by atoms with Gasteiger partial charge in [-0.1, -0.05) is 0 Å². The third-order valence-corrected chi connectivity index (χ3v) is 3.74. The Balaban J connectivity index is 2.84. The summed E-state index contributed by atoms with van der Waals surface area (Å²) in [4.78, 5) is 0. The van der Waals surface area contributed by atoms with E-state index in [4.69, 9.17) is 25.2 Å². The fraction of sp³-hybridized carbons (Fsp3) is 1.00. The molecule has 1 saturated heterocycles. The molecule has 0 radical (unpaired) electrons. The first-order chi connectivity index (χ1) is 11.3. The fourth-order valence-electron chi connectivity index (χ4n) is 2.23. The summed E-state index contributed by atoms with van der Waals surface area (Å²) in [5.74, 6) is 0. The van der Waals surface area contributed by atoms with E-state index in [1.165, 1.54) is 0 Å². The van der Waals surface area contributed by atoms with Gasteiger partial charge in [-0.15, -0.1) is 0 Å². The summed E-state index contributed by atoms with van der Waals surface area (Å²) in [6, 6.07) is 0. The van der Waals surface area contributed by atoms with Crippen LogP contribution >= 0.6 is 0 Å². The van der Waals surface area contributed by atoms with E-state index in [1.807, 2.05) is 0 Å². The van der Waals surface area contributed by atoms with E-state index in [0.29, 0.717) is 0 Å². The lowest BCUT2D eigenvalue weighted by Gasteiger charge is -2.41. The van der Waals surface area contributed by atoms with Crippen molar-refractivity contribution >= 4 is 0 Å². The van der Waals surface area contributed by atoms with Crippen LogP contribution in [-0.2, 0) is 9.47 Å². The molecule has 12 heteroatoms. The summed E-state index contributed by atoms with van der Waals surface area (Å²) in [5, 5.41) is 79.1. The summed E-state index contributed by atoms with van der Waals surface area (Å²) in [5.41, 5.74) is 6.84. The van der Waals surface area contributed by atoms with E-state index in [9.17, 15) is 30.6 Å². The zero-order valence-electron chi connectivity index (χ0n) is 12.7. The first kappa shape index (κ1) is 21.2. The Bertz CT molecular complexity index is 387. The predicted octanol–water partition coefficient (Wildman–Crippen LogP) is -4.72. The Morgan fingerprint density at radius 2 is 1.62 bits per heavy atom. The average molecular weight is 356 g/mol. The van der Waals surface area contributed by atoms with Crippen LogP contribution in [0.4, 0.5) is 0 Å². The van der Waals surface area contributed by atoms with Crippen molar-refractivity contribution in [3.8, 4) is 0 Å². The molecular weight excluding hydrogens is 332 g/mol. The largest absolute Gasteiger partial charge is 0.394 e. The summed E-state index contributed by atoms with van der Waals surface area (Å²) in [6.07, 6.45) is -14.7. The first-order valence-electron chi connectivity index (χ1n) is 7.22. The number of aliphatic hydroxyl groups excluding tert-OH is 8. The van der Waals surface area contributed by atoms with Gasteiger partial charge in [0, 0.05) is 0 Å². The lowest BCUT2D eigenvalue weighted by molar-refractivity contribution is -0.319. The molecule has 0 amide bonds. The van der Waals surface area contributed by atoms with Crippen molar-refractivity contribution in [1.29, 1.82) is 5.53 Å². The Morgan fingerprint density at radius 3 is 2.12 bits per heavy atom. The van der Waals surface area contributed by atoms with Gasteiger partial charge in [0.2, 0.25) is 0 Å². The number of nitrogens with one attached hydrogen (secondary N) is 1. The van der Waals surface area contributed by atoms with Gasteiger partial charge in [0.25, 0.3) is 0 Å². The summed E-state index contributed by atoms with van der Waals surface area (Å²) in [6.45, 7) is -2.03. The van der Waals surface area contributed by atoms with Crippen molar-refractivity contribution in [3.63, 3.8) is 0 Å². The van der Waals surface area contributed by atoms with E-state index in [2.05, 4.69) is 5.11 Å². The molecule has 1 rings (SSSR count). The van der Waals surface area contributed by atoms with Gasteiger partial charge in [0.1, 0.15) is 48.8 Å². The van der Waals surface area contributed by atoms with Crippen LogP contribution in [0.5, 0.6) is 0 Å². The molecule has 1 aliphatic heterocycles. The molecule has 0 aliphatic carbocycles. The molecule has 9 atom stereocenters. The second kappa shape index (κ2) is 9.62. The van der Waals surface area contributed by atoms with Crippen LogP contribution in [0.1, 0.15) is 0 Å². The molecule has 9 N–H and O–H groups in total. The monoisotopic (exact) mass is 356 g/mol. The molecule has 0 saturated carbocycles. The lowest BCUT2D eigenvalue weighted by atomic mass is 9.99. The molecule has 0 aromatic heterocycles. The number of ether oxygens (including phenoxy) is 2. The van der Waals surface area contributed by atoms with Crippen molar-refractivity contribution < 1.29 is 50.3 Å². The van der Waals surface area contributed by atoms with Gasteiger partial charge in [-0.05, 0) is 0 Å². The minimum Gasteiger partial charge on any atom is -0.394 e. The van der Waals surface area contributed by atoms with Crippen LogP contribution in [0, 0.1) is 5.53 Å². The molecule has 1 aliphatic rings. The molecule has 1 heterocycles. The molecule has 24 heavy (non-hydrogen) atoms. The molecule has 142 valence electrons. The summed E-state index contributed by atoms with van der Waals surface area (Å²) < 4.78 is 10.3. The number of rotatable bonds is 9. The van der Waals surface area contributed by atoms with E-state index in [1.54, 1.807) is 0 Å². The maximum Gasteiger partial charge on any atom is 0.187 e. The molecule has 12 nitrogen and oxygen atoms in total. The number of nitrogens with zero attached hydrogens (tertiary/aromatic N) is 1. The predicted molar refractivity (Wildman–Crippen MR) is 73.8 cm³/mol. The van der Waals surface area contributed by atoms with Gasteiger partial charge >= 0.3 is 0 Å². The zero-order chi connectivity index (χ0) is 18.4. The Kier molecular flexibility index (Phi) is 8.52. The third kappa shape index (κ3) is 4.86. The van der Waals surface area contributed by atoms with Gasteiger partial charge in [0.05, 0.1) is 19.8 Å². The maximum absolute atomic E-state index is 9.98. The van der Waals surface area contributed by atoms with Crippen LogP contribution in [0.2, 0.25) is 0 Å². The summed E-state index contributed by atoms with van der Waals surface area (Å²) >= 11 is 0. The molecule has 0 spiro atoms. The lowest BCUT2D eigenvalue weighted by Crippen LogP contribution is -2.61. The smallest absolute Gasteiger partial charge is 0.187 e. The molecular formula is C12H24N2O10. The highest BCUT2D eigenvalue weighted by Crippen LogP contribution is 2.24. The molecule has 0 bridgehead atoms. The standard InChI is InChI=1S/C12H24N2O10/c13-14-1-5(8(19)7(18)4(17)2-15)23-12-11(22)10(21)9(20)6(3-16)24-12/h4-13,15-22H,1-3H2/t4-,5+,6-,7-,8-,9-,10+,11-,12-/m1/s1. The van der Waals surface area contributed by atoms with Crippen LogP contribution in [0.3, 0.4) is 0 Å². The van der Waals surface area contributed by atoms with Crippen LogP contribution < -0.4 is 0 Å². The Morgan fingerprint density at radius 1 is 1.00 bits per heavy atom. The highest BCUT2D eigenvalue weighted by molar-refractivity contribution is 4.90. The highest BCUT2D eigenvalue weighted by atomic mass is 16.7. The van der Waals surface area contributed by atoms with E-state index in [0.717, 1.165) is 0 Å². The second-order valence-electron chi connectivity index (χ2n) is 5.44. The number of hydrogen-bond acceptors (Lipinski definition) is 12. The van der Waals surface area contributed by atoms with Gasteiger partial charge in [-0.3, -0.25) is 0 Å². The van der Waals surface area contributed by atoms with Gasteiger partial charge in [-0.25, -0.2) is 5.53 Å². The topological polar surface area (TPSA) is 217 Å². The first-order valence-corrected chi connectivity index (χ1v) is 7.22. The van der Waals surface area contributed by atoms with Gasteiger partial charge < -0.3 is 50.3 Å². The third-order valence-electron chi connectivity index (χ3n) is 3.74. The van der Waals surface area contributed by atoms with Crippen molar-refractivity contribution in [3.05, 3.63) is 0 Å². The van der Waals surface area contributed by atoms with Crippen LogP contribution in [0.25, 0.3) is 0 Å². The minimum atomic E-state index is -1.84. The second-order valence-corrected chi connectivity index (χ2v) is 5.44. The maximum atomic E-state index is 9.98. The highest BCUT2D eigenvalue weighted by Gasteiger charge is 2.46. The minimum absolute atomic E-state index is 0.495. The van der Waals surface area contributed by atoms with Gasteiger partial charge in [-0.2, -0.15) is 5.11 Å². The summed E-state index contributed by atoms with van der Waals surface area (Å²) in [7, 11) is 0. The molecule has 0 aromatic rings. The Hall–Kier alpha value is -0.800. The van der Waals surface area contributed by atoms with Crippen molar-refractivity contribution in [2.45, 2.75) is 55.1 Å². The SMILES string of the molecule is N=NC[C@H](O[C@@H]1O[C@H](CO)[C@@H](O)[C@H](O)[C@H]1O)[C@@H](O)[C@H](O)[C@H](O)CO. The molecule has 0 unspecified atom stereocenters. The van der Waals surface area contributed by atoms with Crippen molar-refractivity contribution in [2.24, 2.45) is 5.11 Å². The van der Waals surface area contributed by atoms with Crippen molar-refractivity contribution in [1.82, 2.24) is 0 Å². The van der Waals surface area contributed by atoms with E-state index in [-0.39, 0.29) is 0 Å². The Labute approximate surface area is 137 Å². The van der Waals surface area contributed by atoms with Crippen LogP contribution in [-0.4, -0.2) is 116 Å². The average Bonchev–Trinajstić information content (AvgIpc) is 2.59. The zero-order valence-corrected chi connectivity index (χ0v) is 12.7. The fourth-order valence-corrected chi connectivity index (χ4v) is 2.23. The normalized spacial score (nSPS) is 35.9. The number of aliphatic hydroxyl groups is 8. The number of hydrogen-bond donors (Lipinski definition) is 9. The van der Waals surface area contributed by atoms with E-state index < -0.39 is 74.9 Å². The van der Waals surface area contributed by atoms with Gasteiger partial charge in [0.15, 0.2) is 6.29 Å². The van der Waals surface area contributed by atoms with Crippen LogP contribution in [0.15, 0.2) is 5.11 Å². The van der Waals surface area contributed by atoms with Crippen molar-refractivity contribution in [2.75, 3.05) is 19.8 Å². The molecule has 1 fully saturated rings. The van der Waals surface area contributed by atoms with E-state index >= 15 is 0 Å². The molecule has 0 aromatic carbocycles.